The number of nitrogens with zero attached hydrogens (tertiary/aromatic N) is 1. The van der Waals surface area contributed by atoms with Crippen LogP contribution in [0.25, 0.3) is 0 Å². The van der Waals surface area contributed by atoms with E-state index in [1.807, 2.05) is 24.3 Å². The predicted molar refractivity (Wildman–Crippen MR) is 77.9 cm³/mol. The molecule has 3 nitrogen and oxygen atoms in total. The lowest BCUT2D eigenvalue weighted by molar-refractivity contribution is 0.105. The SMILES string of the molecule is Clc1cccc(OCCN2CCCC3CNCC32)c1. The number of fused-ring (bicyclic) bond motifs is 1. The monoisotopic (exact) mass is 280 g/mol. The summed E-state index contributed by atoms with van der Waals surface area (Å²) in [5, 5.41) is 4.24. The number of nitrogens with one attached hydrogen (secondary N) is 1. The van der Waals surface area contributed by atoms with E-state index in [1.54, 1.807) is 0 Å². The standard InChI is InChI=1S/C15H21ClN2O/c16-13-4-1-5-14(9-13)19-8-7-18-6-2-3-12-10-17-11-15(12)18/h1,4-5,9,12,15,17H,2-3,6-8,10-11H2. The Hall–Kier alpha value is -0.770. The summed E-state index contributed by atoms with van der Waals surface area (Å²) >= 11 is 5.95. The highest BCUT2D eigenvalue weighted by Crippen LogP contribution is 2.26. The molecular formula is C15H21ClN2O. The van der Waals surface area contributed by atoms with Crippen molar-refractivity contribution in [1.29, 1.82) is 0 Å². The Morgan fingerprint density at radius 2 is 2.32 bits per heavy atom. The van der Waals surface area contributed by atoms with Crippen LogP contribution >= 0.6 is 11.6 Å². The van der Waals surface area contributed by atoms with E-state index in [0.29, 0.717) is 0 Å². The Bertz CT molecular complexity index is 426. The first-order valence-corrected chi connectivity index (χ1v) is 7.54. The van der Waals surface area contributed by atoms with Gasteiger partial charge in [0.25, 0.3) is 0 Å². The largest absolute Gasteiger partial charge is 0.492 e. The lowest BCUT2D eigenvalue weighted by Crippen LogP contribution is -2.46. The van der Waals surface area contributed by atoms with Gasteiger partial charge in [-0.3, -0.25) is 4.90 Å². The van der Waals surface area contributed by atoms with Crippen LogP contribution in [0.2, 0.25) is 5.02 Å². The minimum Gasteiger partial charge on any atom is -0.492 e. The maximum atomic E-state index is 5.95. The number of benzene rings is 1. The molecule has 19 heavy (non-hydrogen) atoms. The van der Waals surface area contributed by atoms with Gasteiger partial charge in [0.05, 0.1) is 0 Å². The molecule has 2 atom stereocenters. The number of hydrogen-bond donors (Lipinski definition) is 1. The molecular weight excluding hydrogens is 260 g/mol. The molecule has 2 heterocycles. The van der Waals surface area contributed by atoms with E-state index in [-0.39, 0.29) is 0 Å². The fourth-order valence-corrected chi connectivity index (χ4v) is 3.46. The molecule has 104 valence electrons. The minimum atomic E-state index is 0.719. The number of likely N-dealkylation sites (tertiary alicyclic amines) is 1. The van der Waals surface area contributed by atoms with Crippen molar-refractivity contribution in [2.75, 3.05) is 32.8 Å². The van der Waals surface area contributed by atoms with Crippen LogP contribution in [0.3, 0.4) is 0 Å². The Labute approximate surface area is 119 Å². The third kappa shape index (κ3) is 3.22. The van der Waals surface area contributed by atoms with E-state index < -0.39 is 0 Å². The number of hydrogen-bond acceptors (Lipinski definition) is 3. The summed E-state index contributed by atoms with van der Waals surface area (Å²) in [7, 11) is 0. The van der Waals surface area contributed by atoms with Crippen LogP contribution in [0.1, 0.15) is 12.8 Å². The van der Waals surface area contributed by atoms with Crippen LogP contribution in [0.4, 0.5) is 0 Å². The van der Waals surface area contributed by atoms with Crippen molar-refractivity contribution in [3.05, 3.63) is 29.3 Å². The maximum Gasteiger partial charge on any atom is 0.120 e. The van der Waals surface area contributed by atoms with Gasteiger partial charge < -0.3 is 10.1 Å². The molecule has 3 rings (SSSR count). The van der Waals surface area contributed by atoms with E-state index in [9.17, 15) is 0 Å². The van der Waals surface area contributed by atoms with E-state index in [1.165, 1.54) is 25.9 Å². The van der Waals surface area contributed by atoms with Crippen molar-refractivity contribution < 1.29 is 4.74 Å². The third-order valence-corrected chi connectivity index (χ3v) is 4.47. The fraction of sp³-hybridized carbons (Fsp3) is 0.600. The van der Waals surface area contributed by atoms with Crippen LogP contribution < -0.4 is 10.1 Å². The zero-order valence-electron chi connectivity index (χ0n) is 11.1. The molecule has 1 aromatic carbocycles. The van der Waals surface area contributed by atoms with Gasteiger partial charge in [-0.25, -0.2) is 0 Å². The van der Waals surface area contributed by atoms with Crippen LogP contribution in [-0.2, 0) is 0 Å². The van der Waals surface area contributed by atoms with Gasteiger partial charge in [0, 0.05) is 24.2 Å². The van der Waals surface area contributed by atoms with Crippen LogP contribution in [-0.4, -0.2) is 43.7 Å². The molecule has 1 aromatic rings. The average Bonchev–Trinajstić information content (AvgIpc) is 2.88. The summed E-state index contributed by atoms with van der Waals surface area (Å²) in [6, 6.07) is 8.35. The molecule has 2 saturated heterocycles. The lowest BCUT2D eigenvalue weighted by Gasteiger charge is -2.36. The molecule has 0 amide bonds. The van der Waals surface area contributed by atoms with Gasteiger partial charge in [-0.05, 0) is 50.0 Å². The van der Waals surface area contributed by atoms with Crippen LogP contribution in [0.5, 0.6) is 5.75 Å². The van der Waals surface area contributed by atoms with Gasteiger partial charge in [-0.1, -0.05) is 17.7 Å². The van der Waals surface area contributed by atoms with Crippen molar-refractivity contribution in [3.63, 3.8) is 0 Å². The molecule has 0 radical (unpaired) electrons. The van der Waals surface area contributed by atoms with E-state index >= 15 is 0 Å². The Kier molecular flexibility index (Phi) is 4.26. The first-order valence-electron chi connectivity index (χ1n) is 7.16. The van der Waals surface area contributed by atoms with Crippen molar-refractivity contribution in [3.8, 4) is 5.75 Å². The fourth-order valence-electron chi connectivity index (χ4n) is 3.28. The molecule has 2 aliphatic heterocycles. The van der Waals surface area contributed by atoms with E-state index in [0.717, 1.165) is 42.4 Å². The summed E-state index contributed by atoms with van der Waals surface area (Å²) < 4.78 is 5.79. The maximum absolute atomic E-state index is 5.95. The number of piperidine rings is 1. The minimum absolute atomic E-state index is 0.719. The lowest BCUT2D eigenvalue weighted by atomic mass is 9.92. The summed E-state index contributed by atoms with van der Waals surface area (Å²) in [5.41, 5.74) is 0. The smallest absolute Gasteiger partial charge is 0.120 e. The van der Waals surface area contributed by atoms with Gasteiger partial charge >= 0.3 is 0 Å². The molecule has 4 heteroatoms. The van der Waals surface area contributed by atoms with Crippen molar-refractivity contribution in [1.82, 2.24) is 10.2 Å². The normalized spacial score (nSPS) is 27.2. The molecule has 0 spiro atoms. The van der Waals surface area contributed by atoms with Gasteiger partial charge in [0.2, 0.25) is 0 Å². The van der Waals surface area contributed by atoms with Crippen molar-refractivity contribution >= 4 is 11.6 Å². The topological polar surface area (TPSA) is 24.5 Å². The quantitative estimate of drug-likeness (QED) is 0.917. The molecule has 0 aliphatic carbocycles. The second kappa shape index (κ2) is 6.12. The van der Waals surface area contributed by atoms with Crippen molar-refractivity contribution in [2.45, 2.75) is 18.9 Å². The molecule has 1 N–H and O–H groups in total. The zero-order chi connectivity index (χ0) is 13.1. The summed E-state index contributed by atoms with van der Waals surface area (Å²) in [4.78, 5) is 2.58. The summed E-state index contributed by atoms with van der Waals surface area (Å²) in [6.45, 7) is 5.29. The second-order valence-corrected chi connectivity index (χ2v) is 5.91. The number of ether oxygens (including phenoxy) is 1. The van der Waals surface area contributed by atoms with Crippen molar-refractivity contribution in [2.24, 2.45) is 5.92 Å². The van der Waals surface area contributed by atoms with E-state index in [2.05, 4.69) is 10.2 Å². The van der Waals surface area contributed by atoms with Crippen LogP contribution in [0, 0.1) is 5.92 Å². The molecule has 0 bridgehead atoms. The van der Waals surface area contributed by atoms with Gasteiger partial charge in [0.1, 0.15) is 12.4 Å². The Morgan fingerprint density at radius 3 is 3.21 bits per heavy atom. The van der Waals surface area contributed by atoms with Gasteiger partial charge in [-0.2, -0.15) is 0 Å². The van der Waals surface area contributed by atoms with Gasteiger partial charge in [-0.15, -0.1) is 0 Å². The third-order valence-electron chi connectivity index (χ3n) is 4.24. The number of rotatable bonds is 4. The van der Waals surface area contributed by atoms with Gasteiger partial charge in [0.15, 0.2) is 0 Å². The Morgan fingerprint density at radius 1 is 1.37 bits per heavy atom. The highest BCUT2D eigenvalue weighted by atomic mass is 35.5. The first-order chi connectivity index (χ1) is 9.33. The predicted octanol–water partition coefficient (Wildman–Crippen LogP) is 2.40. The highest BCUT2D eigenvalue weighted by molar-refractivity contribution is 6.30. The molecule has 2 fully saturated rings. The molecule has 0 saturated carbocycles. The summed E-state index contributed by atoms with van der Waals surface area (Å²) in [6.07, 6.45) is 2.70. The molecule has 0 aromatic heterocycles. The Balaban J connectivity index is 1.49. The summed E-state index contributed by atoms with van der Waals surface area (Å²) in [5.74, 6) is 1.71. The van der Waals surface area contributed by atoms with E-state index in [4.69, 9.17) is 16.3 Å². The second-order valence-electron chi connectivity index (χ2n) is 5.47. The average molecular weight is 281 g/mol. The number of halogens is 1. The molecule has 2 unspecified atom stereocenters. The van der Waals surface area contributed by atoms with Crippen LogP contribution in [0.15, 0.2) is 24.3 Å². The zero-order valence-corrected chi connectivity index (χ0v) is 11.9. The first kappa shape index (κ1) is 13.2. The molecule has 2 aliphatic rings. The highest BCUT2D eigenvalue weighted by Gasteiger charge is 2.34.